The van der Waals surface area contributed by atoms with Crippen molar-refractivity contribution in [2.24, 2.45) is 5.92 Å². The molecule has 3 nitrogen and oxygen atoms in total. The first-order valence-corrected chi connectivity index (χ1v) is 20.9. The minimum absolute atomic E-state index is 0.355. The molecule has 3 heteroatoms. The highest BCUT2D eigenvalue weighted by molar-refractivity contribution is 6.01. The molecule has 0 amide bonds. The molecule has 1 unspecified atom stereocenters. The van der Waals surface area contributed by atoms with Crippen molar-refractivity contribution < 1.29 is 0 Å². The number of hydrogen-bond acceptors (Lipinski definition) is 3. The van der Waals surface area contributed by atoms with Crippen LogP contribution in [0.25, 0.3) is 39.1 Å². The summed E-state index contributed by atoms with van der Waals surface area (Å²) in [4.78, 5) is 14.2. The largest absolute Gasteiger partial charge is 0.278 e. The van der Waals surface area contributed by atoms with Crippen LogP contribution in [0.1, 0.15) is 69.1 Å². The summed E-state index contributed by atoms with van der Waals surface area (Å²) >= 11 is 0. The Morgan fingerprint density at radius 1 is 0.458 bits per heavy atom. The quantitative estimate of drug-likeness (QED) is 0.176. The van der Waals surface area contributed by atoms with E-state index in [0.717, 1.165) is 35.0 Å². The smallest absolute Gasteiger partial charge is 0.144 e. The van der Waals surface area contributed by atoms with E-state index in [2.05, 4.69) is 201 Å². The molecule has 0 radical (unpaired) electrons. The number of aryl methyl sites for hydroxylation is 1. The first-order chi connectivity index (χ1) is 29.1. The lowest BCUT2D eigenvalue weighted by atomic mass is 9.60. The van der Waals surface area contributed by atoms with E-state index in [4.69, 9.17) is 9.97 Å². The van der Waals surface area contributed by atoms with Gasteiger partial charge >= 0.3 is 0 Å². The fraction of sp³-hybridized carbons (Fsp3) is 0.107. The van der Waals surface area contributed by atoms with Crippen molar-refractivity contribution in [3.05, 3.63) is 238 Å². The Morgan fingerprint density at radius 2 is 0.898 bits per heavy atom. The van der Waals surface area contributed by atoms with Gasteiger partial charge in [0.05, 0.1) is 27.9 Å². The van der Waals surface area contributed by atoms with E-state index in [9.17, 15) is 0 Å². The molecule has 2 aromatic heterocycles. The third kappa shape index (κ3) is 3.98. The number of nitrogens with zero attached hydrogens (tertiary/aromatic N) is 3. The molecule has 3 aliphatic carbocycles. The zero-order valence-corrected chi connectivity index (χ0v) is 32.9. The highest BCUT2D eigenvalue weighted by Gasteiger charge is 2.59. The van der Waals surface area contributed by atoms with Crippen LogP contribution in [0.5, 0.6) is 0 Å². The second-order valence-corrected chi connectivity index (χ2v) is 16.9. The van der Waals surface area contributed by atoms with Crippen molar-refractivity contribution >= 4 is 22.9 Å². The molecule has 5 aliphatic rings. The van der Waals surface area contributed by atoms with Crippen LogP contribution in [0.2, 0.25) is 0 Å². The van der Waals surface area contributed by atoms with Crippen molar-refractivity contribution in [3.63, 3.8) is 0 Å². The lowest BCUT2D eigenvalue weighted by Gasteiger charge is -2.50. The number of hydrogen-bond donors (Lipinski definition) is 0. The van der Waals surface area contributed by atoms with Crippen LogP contribution in [-0.2, 0) is 10.8 Å². The number of anilines is 3. The Balaban J connectivity index is 1.23. The van der Waals surface area contributed by atoms with Gasteiger partial charge in [-0.2, -0.15) is 0 Å². The van der Waals surface area contributed by atoms with Gasteiger partial charge in [0, 0.05) is 16.7 Å². The number of allylic oxidation sites excluding steroid dienone is 4. The number of pyridine rings is 2. The molecule has 0 bridgehead atoms. The molecule has 59 heavy (non-hydrogen) atoms. The van der Waals surface area contributed by atoms with Crippen molar-refractivity contribution in [1.82, 2.24) is 9.97 Å². The molecular weight excluding hydrogens is 715 g/mol. The molecule has 2 spiro atoms. The van der Waals surface area contributed by atoms with E-state index in [0.29, 0.717) is 5.92 Å². The second-order valence-electron chi connectivity index (χ2n) is 16.9. The summed E-state index contributed by atoms with van der Waals surface area (Å²) in [5.41, 5.74) is 20.7. The summed E-state index contributed by atoms with van der Waals surface area (Å²) in [5.74, 6) is 2.23. The standard InChI is InChI=1S/C56H39N3/c1-34-16-3-5-18-36(34)50-32-30-48-53(57-50)59-52-46(55(48)42-24-11-7-20-38(42)39-21-8-12-25-43(39)55)28-15-29-47(52)56(44-26-13-9-22-40(44)41-23-10-14-27-45(41)56)49-31-33-51(58-54(49)59)37-19-6-4-17-35(37)2/h3-16,18-33,35H,17H2,1-2H3. The maximum absolute atomic E-state index is 5.88. The number of benzene rings is 6. The Hall–Kier alpha value is -7.10. The number of para-hydroxylation sites is 1. The van der Waals surface area contributed by atoms with E-state index in [1.807, 2.05) is 0 Å². The molecule has 13 rings (SSSR count). The number of fused-ring (bicyclic) bond motifs is 18. The van der Waals surface area contributed by atoms with Gasteiger partial charge in [-0.05, 0) is 98.2 Å². The zero-order chi connectivity index (χ0) is 39.0. The first kappa shape index (κ1) is 32.9. The van der Waals surface area contributed by atoms with Gasteiger partial charge in [-0.3, -0.25) is 4.90 Å². The summed E-state index contributed by atoms with van der Waals surface area (Å²) in [7, 11) is 0. The summed E-state index contributed by atoms with van der Waals surface area (Å²) in [6.07, 6.45) is 7.73. The zero-order valence-electron chi connectivity index (χ0n) is 32.9. The molecular formula is C56H39N3. The van der Waals surface area contributed by atoms with Crippen LogP contribution in [0.3, 0.4) is 0 Å². The monoisotopic (exact) mass is 753 g/mol. The van der Waals surface area contributed by atoms with Crippen molar-refractivity contribution in [2.75, 3.05) is 4.90 Å². The van der Waals surface area contributed by atoms with Crippen LogP contribution in [0.4, 0.5) is 17.3 Å². The normalized spacial score (nSPS) is 17.4. The van der Waals surface area contributed by atoms with Gasteiger partial charge in [-0.15, -0.1) is 0 Å². The van der Waals surface area contributed by atoms with Crippen LogP contribution in [0.15, 0.2) is 182 Å². The highest BCUT2D eigenvalue weighted by atomic mass is 15.3. The molecule has 2 aliphatic heterocycles. The van der Waals surface area contributed by atoms with E-state index in [1.54, 1.807) is 0 Å². The molecule has 0 saturated carbocycles. The Labute approximate surface area is 344 Å². The van der Waals surface area contributed by atoms with Gasteiger partial charge in [0.25, 0.3) is 0 Å². The number of aromatic nitrogens is 2. The molecule has 1 atom stereocenters. The molecule has 0 saturated heterocycles. The SMILES string of the molecule is Cc1ccccc1-c1ccc2c(n1)N1c3nc(C4=CC=CCC4C)ccc3C3(c4ccccc4-c4ccccc43)c3cccc(c31)C21c2ccccc2-c2ccccc21. The Kier molecular flexibility index (Phi) is 6.55. The van der Waals surface area contributed by atoms with Crippen molar-refractivity contribution in [2.45, 2.75) is 31.1 Å². The predicted molar refractivity (Wildman–Crippen MR) is 240 cm³/mol. The maximum atomic E-state index is 5.88. The highest BCUT2D eigenvalue weighted by Crippen LogP contribution is 2.69. The fourth-order valence-electron chi connectivity index (χ4n) is 11.7. The van der Waals surface area contributed by atoms with E-state index < -0.39 is 10.8 Å². The molecule has 0 N–H and O–H groups in total. The molecule has 278 valence electrons. The molecule has 0 fully saturated rings. The fourth-order valence-corrected chi connectivity index (χ4v) is 11.7. The van der Waals surface area contributed by atoms with Crippen LogP contribution in [0, 0.1) is 12.8 Å². The summed E-state index contributed by atoms with van der Waals surface area (Å²) in [5, 5.41) is 0. The van der Waals surface area contributed by atoms with E-state index in [-0.39, 0.29) is 0 Å². The molecule has 4 heterocycles. The van der Waals surface area contributed by atoms with Gasteiger partial charge in [-0.25, -0.2) is 9.97 Å². The van der Waals surface area contributed by atoms with Crippen molar-refractivity contribution in [1.29, 1.82) is 0 Å². The van der Waals surface area contributed by atoms with Gasteiger partial charge in [0.15, 0.2) is 0 Å². The summed E-state index contributed by atoms with van der Waals surface area (Å²) in [6, 6.07) is 61.3. The topological polar surface area (TPSA) is 29.0 Å². The van der Waals surface area contributed by atoms with Crippen LogP contribution < -0.4 is 4.90 Å². The van der Waals surface area contributed by atoms with E-state index >= 15 is 0 Å². The van der Waals surface area contributed by atoms with Crippen LogP contribution >= 0.6 is 0 Å². The second kappa shape index (κ2) is 11.7. The Morgan fingerprint density at radius 3 is 1.41 bits per heavy atom. The third-order valence-electron chi connectivity index (χ3n) is 14.1. The number of rotatable bonds is 2. The average molecular weight is 754 g/mol. The van der Waals surface area contributed by atoms with Gasteiger partial charge in [0.2, 0.25) is 0 Å². The predicted octanol–water partition coefficient (Wildman–Crippen LogP) is 13.3. The van der Waals surface area contributed by atoms with Gasteiger partial charge in [0.1, 0.15) is 11.6 Å². The van der Waals surface area contributed by atoms with E-state index in [1.165, 1.54) is 83.6 Å². The third-order valence-corrected chi connectivity index (χ3v) is 14.1. The lowest BCUT2D eigenvalue weighted by molar-refractivity contribution is 0.695. The summed E-state index contributed by atoms with van der Waals surface area (Å²) in [6.45, 7) is 4.50. The Bertz CT molecular complexity index is 3100. The molecule has 8 aromatic rings. The van der Waals surface area contributed by atoms with Gasteiger partial charge < -0.3 is 0 Å². The average Bonchev–Trinajstić information content (AvgIpc) is 3.75. The maximum Gasteiger partial charge on any atom is 0.144 e. The van der Waals surface area contributed by atoms with Crippen LogP contribution in [-0.4, -0.2) is 9.97 Å². The minimum atomic E-state index is -0.624. The lowest BCUT2D eigenvalue weighted by Crippen LogP contribution is -2.43. The summed E-state index contributed by atoms with van der Waals surface area (Å²) < 4.78 is 0. The van der Waals surface area contributed by atoms with Crippen molar-refractivity contribution in [3.8, 4) is 33.5 Å². The molecule has 6 aromatic carbocycles. The first-order valence-electron chi connectivity index (χ1n) is 20.9. The minimum Gasteiger partial charge on any atom is -0.278 e. The van der Waals surface area contributed by atoms with Gasteiger partial charge in [-0.1, -0.05) is 177 Å².